The van der Waals surface area contributed by atoms with Gasteiger partial charge in [-0.15, -0.1) is 0 Å². The molecule has 1 fully saturated rings. The molecule has 0 atom stereocenters. The number of halogens is 2. The molecule has 0 unspecified atom stereocenters. The van der Waals surface area contributed by atoms with E-state index in [9.17, 15) is 13.6 Å². The van der Waals surface area contributed by atoms with Crippen molar-refractivity contribution in [2.45, 2.75) is 6.54 Å². The lowest BCUT2D eigenvalue weighted by atomic mass is 10.2. The molecule has 14 heteroatoms. The van der Waals surface area contributed by atoms with Gasteiger partial charge in [0.2, 0.25) is 5.95 Å². The molecule has 0 amide bonds. The fourth-order valence-corrected chi connectivity index (χ4v) is 4.73. The lowest BCUT2D eigenvalue weighted by Gasteiger charge is -2.36. The fraction of sp³-hybridized carbons (Fsp3) is 0.280. The predicted molar refractivity (Wildman–Crippen MR) is 137 cm³/mol. The maximum Gasteiger partial charge on any atom is 0.341 e. The number of nitrogens with zero attached hydrogens (tertiary/aromatic N) is 7. The van der Waals surface area contributed by atoms with Crippen molar-refractivity contribution in [3.05, 3.63) is 54.6 Å². The van der Waals surface area contributed by atoms with E-state index in [4.69, 9.17) is 20.0 Å². The molecule has 0 spiro atoms. The van der Waals surface area contributed by atoms with Crippen LogP contribution in [0.25, 0.3) is 28.1 Å². The van der Waals surface area contributed by atoms with Crippen LogP contribution in [-0.2, 0) is 11.3 Å². The Bertz CT molecular complexity index is 1660. The van der Waals surface area contributed by atoms with Gasteiger partial charge in [-0.05, 0) is 18.2 Å². The van der Waals surface area contributed by atoms with Crippen LogP contribution in [0, 0.1) is 11.6 Å². The third-order valence-corrected chi connectivity index (χ3v) is 6.70. The molecule has 202 valence electrons. The Morgan fingerprint density at radius 1 is 1.13 bits per heavy atom. The fourth-order valence-electron chi connectivity index (χ4n) is 4.73. The number of nitrogen functional groups attached to an aromatic ring is 1. The van der Waals surface area contributed by atoms with E-state index < -0.39 is 24.2 Å². The average Bonchev–Trinajstić information content (AvgIpc) is 3.67. The summed E-state index contributed by atoms with van der Waals surface area (Å²) in [6.07, 6.45) is 3.30. The van der Waals surface area contributed by atoms with Crippen LogP contribution in [-0.4, -0.2) is 79.5 Å². The lowest BCUT2D eigenvalue weighted by molar-refractivity contribution is -0.139. The Morgan fingerprint density at radius 3 is 2.69 bits per heavy atom. The summed E-state index contributed by atoms with van der Waals surface area (Å²) < 4.78 is 42.4. The van der Waals surface area contributed by atoms with E-state index >= 15 is 0 Å². The van der Waals surface area contributed by atoms with Crippen LogP contribution < -0.4 is 15.4 Å². The van der Waals surface area contributed by atoms with Crippen molar-refractivity contribution in [2.24, 2.45) is 0 Å². The Morgan fingerprint density at radius 2 is 1.95 bits per heavy atom. The zero-order valence-corrected chi connectivity index (χ0v) is 20.6. The standard InChI is InChI=1S/C25H24F2N8O4/c26-15-10-16(27)21(39-13-22(36)37)12-18(15)33-6-3-32(4-7-33)5-8-34-14-29-23-19-11-17(20-2-1-9-38-20)31-35(19)25(28)30-24(23)34/h1-2,9-12,14H,3-8,13H2,(H2,28,30)(H,36,37). The monoisotopic (exact) mass is 538 g/mol. The van der Waals surface area contributed by atoms with Gasteiger partial charge in [-0.1, -0.05) is 0 Å². The van der Waals surface area contributed by atoms with Crippen LogP contribution >= 0.6 is 0 Å². The van der Waals surface area contributed by atoms with Gasteiger partial charge in [-0.2, -0.15) is 14.6 Å². The number of rotatable bonds is 8. The molecule has 0 saturated carbocycles. The van der Waals surface area contributed by atoms with Gasteiger partial charge in [-0.25, -0.2) is 18.6 Å². The predicted octanol–water partition coefficient (Wildman–Crippen LogP) is 2.49. The highest BCUT2D eigenvalue weighted by Gasteiger charge is 2.23. The summed E-state index contributed by atoms with van der Waals surface area (Å²) in [5.41, 5.74) is 9.05. The smallest absolute Gasteiger partial charge is 0.341 e. The van der Waals surface area contributed by atoms with Crippen LogP contribution in [0.15, 0.2) is 47.3 Å². The maximum atomic E-state index is 14.5. The molecule has 5 aromatic rings. The van der Waals surface area contributed by atoms with E-state index in [1.54, 1.807) is 28.1 Å². The number of carboxylic acids is 1. The Hall–Kier alpha value is -4.72. The first-order valence-electron chi connectivity index (χ1n) is 12.2. The van der Waals surface area contributed by atoms with Crippen molar-refractivity contribution in [2.75, 3.05) is 50.0 Å². The summed E-state index contributed by atoms with van der Waals surface area (Å²) in [5, 5.41) is 13.3. The molecule has 4 aromatic heterocycles. The molecule has 1 aliphatic rings. The first-order valence-corrected chi connectivity index (χ1v) is 12.2. The third kappa shape index (κ3) is 4.69. The van der Waals surface area contributed by atoms with Crippen LogP contribution in [0.4, 0.5) is 20.4 Å². The van der Waals surface area contributed by atoms with Crippen molar-refractivity contribution in [3.8, 4) is 17.2 Å². The summed E-state index contributed by atoms with van der Waals surface area (Å²) in [6, 6.07) is 7.40. The van der Waals surface area contributed by atoms with Gasteiger partial charge in [0.1, 0.15) is 22.5 Å². The number of furan rings is 1. The highest BCUT2D eigenvalue weighted by atomic mass is 19.1. The minimum atomic E-state index is -1.24. The van der Waals surface area contributed by atoms with Gasteiger partial charge in [0.15, 0.2) is 29.6 Å². The maximum absolute atomic E-state index is 14.5. The molecular weight excluding hydrogens is 514 g/mol. The van der Waals surface area contributed by atoms with Gasteiger partial charge >= 0.3 is 5.97 Å². The summed E-state index contributed by atoms with van der Waals surface area (Å²) in [7, 11) is 0. The van der Waals surface area contributed by atoms with Gasteiger partial charge in [0, 0.05) is 51.4 Å². The molecular formula is C25H24F2N8O4. The molecule has 39 heavy (non-hydrogen) atoms. The number of imidazole rings is 1. The number of fused-ring (bicyclic) bond motifs is 3. The molecule has 1 saturated heterocycles. The van der Waals surface area contributed by atoms with E-state index in [1.807, 2.05) is 16.7 Å². The minimum Gasteiger partial charge on any atom is -0.479 e. The van der Waals surface area contributed by atoms with E-state index in [2.05, 4.69) is 20.0 Å². The number of piperazine rings is 1. The normalized spacial score (nSPS) is 14.5. The number of aliphatic carboxylic acids is 1. The van der Waals surface area contributed by atoms with Crippen molar-refractivity contribution in [1.82, 2.24) is 29.0 Å². The number of carboxylic acid groups (broad SMARTS) is 1. The van der Waals surface area contributed by atoms with E-state index in [-0.39, 0.29) is 17.4 Å². The zero-order chi connectivity index (χ0) is 27.1. The molecule has 3 N–H and O–H groups in total. The van der Waals surface area contributed by atoms with Crippen LogP contribution in [0.1, 0.15) is 0 Å². The Kier molecular flexibility index (Phi) is 6.23. The minimum absolute atomic E-state index is 0.176. The first-order chi connectivity index (χ1) is 18.9. The number of hydrogen-bond donors (Lipinski definition) is 2. The summed E-state index contributed by atoms with van der Waals surface area (Å²) in [5.74, 6) is -2.35. The van der Waals surface area contributed by atoms with Crippen molar-refractivity contribution >= 4 is 34.3 Å². The molecule has 0 aliphatic carbocycles. The van der Waals surface area contributed by atoms with Crippen molar-refractivity contribution in [3.63, 3.8) is 0 Å². The van der Waals surface area contributed by atoms with E-state index in [1.165, 1.54) is 6.07 Å². The first kappa shape index (κ1) is 24.6. The molecule has 1 aliphatic heterocycles. The van der Waals surface area contributed by atoms with Crippen LogP contribution in [0.5, 0.6) is 5.75 Å². The number of aromatic nitrogens is 5. The summed E-state index contributed by atoms with van der Waals surface area (Å²) >= 11 is 0. The Labute approximate surface area is 219 Å². The van der Waals surface area contributed by atoms with E-state index in [0.29, 0.717) is 61.9 Å². The second-order valence-corrected chi connectivity index (χ2v) is 9.13. The number of benzene rings is 1. The largest absolute Gasteiger partial charge is 0.479 e. The number of hydrogen-bond acceptors (Lipinski definition) is 9. The third-order valence-electron chi connectivity index (χ3n) is 6.70. The molecule has 5 heterocycles. The molecule has 6 rings (SSSR count). The molecule has 1 aromatic carbocycles. The van der Waals surface area contributed by atoms with E-state index in [0.717, 1.165) is 11.6 Å². The van der Waals surface area contributed by atoms with Gasteiger partial charge in [-0.3, -0.25) is 4.90 Å². The lowest BCUT2D eigenvalue weighted by Crippen LogP contribution is -2.47. The summed E-state index contributed by atoms with van der Waals surface area (Å²) in [6.45, 7) is 2.88. The highest BCUT2D eigenvalue weighted by molar-refractivity contribution is 5.90. The number of carbonyl (C=O) groups is 1. The summed E-state index contributed by atoms with van der Waals surface area (Å²) in [4.78, 5) is 23.8. The van der Waals surface area contributed by atoms with Crippen LogP contribution in [0.3, 0.4) is 0 Å². The average molecular weight is 539 g/mol. The molecule has 12 nitrogen and oxygen atoms in total. The number of anilines is 2. The highest BCUT2D eigenvalue weighted by Crippen LogP contribution is 2.29. The Balaban J connectivity index is 1.13. The quantitative estimate of drug-likeness (QED) is 0.303. The van der Waals surface area contributed by atoms with Gasteiger partial charge < -0.3 is 29.5 Å². The zero-order valence-electron chi connectivity index (χ0n) is 20.6. The SMILES string of the molecule is Nc1nc2c(ncn2CCN2CCN(c3cc(OCC(=O)O)c(F)cc3F)CC2)c2cc(-c3ccco3)nn12. The molecule has 0 radical (unpaired) electrons. The van der Waals surface area contributed by atoms with Gasteiger partial charge in [0.25, 0.3) is 0 Å². The molecule has 0 bridgehead atoms. The second kappa shape index (κ2) is 9.87. The van der Waals surface area contributed by atoms with Crippen molar-refractivity contribution in [1.29, 1.82) is 0 Å². The van der Waals surface area contributed by atoms with Gasteiger partial charge in [0.05, 0.1) is 18.3 Å². The number of nitrogens with two attached hydrogens (primary N) is 1. The van der Waals surface area contributed by atoms with Crippen LogP contribution in [0.2, 0.25) is 0 Å². The second-order valence-electron chi connectivity index (χ2n) is 9.13. The van der Waals surface area contributed by atoms with Crippen molar-refractivity contribution < 1.29 is 27.8 Å². The number of ether oxygens (including phenoxy) is 1. The topological polar surface area (TPSA) is 140 Å².